The van der Waals surface area contributed by atoms with Gasteiger partial charge in [-0.1, -0.05) is 17.7 Å². The molecule has 6 nitrogen and oxygen atoms in total. The largest absolute Gasteiger partial charge is 0.478 e. The Morgan fingerprint density at radius 1 is 1.58 bits per heavy atom. The summed E-state index contributed by atoms with van der Waals surface area (Å²) in [5.74, 6) is -3.11. The lowest BCUT2D eigenvalue weighted by Crippen LogP contribution is -2.15. The van der Waals surface area contributed by atoms with E-state index < -0.39 is 17.9 Å². The lowest BCUT2D eigenvalue weighted by Gasteiger charge is -2.03. The van der Waals surface area contributed by atoms with Crippen LogP contribution in [0.15, 0.2) is 23.2 Å². The van der Waals surface area contributed by atoms with E-state index in [0.29, 0.717) is 0 Å². The molecule has 1 aromatic rings. The zero-order valence-electron chi connectivity index (χ0n) is 9.83. The number of aliphatic imine (C=N–C) groups is 1. The first-order chi connectivity index (χ1) is 9.01. The number of methoxy groups -OCH3 is 1. The van der Waals surface area contributed by atoms with Gasteiger partial charge in [0.15, 0.2) is 5.92 Å². The number of nitriles is 1. The van der Waals surface area contributed by atoms with E-state index in [0.717, 1.165) is 13.3 Å². The van der Waals surface area contributed by atoms with Crippen LogP contribution in [0.2, 0.25) is 5.02 Å². The topological polar surface area (TPSA) is 99.8 Å². The fourth-order valence-corrected chi connectivity index (χ4v) is 1.47. The molecule has 0 aliphatic rings. The van der Waals surface area contributed by atoms with Gasteiger partial charge in [-0.15, -0.1) is 0 Å². The summed E-state index contributed by atoms with van der Waals surface area (Å²) < 4.78 is 4.40. The first kappa shape index (κ1) is 14.7. The maximum absolute atomic E-state index is 11.2. The highest BCUT2D eigenvalue weighted by atomic mass is 35.5. The number of nitrogens with zero attached hydrogens (tertiary/aromatic N) is 2. The Labute approximate surface area is 113 Å². The third-order valence-electron chi connectivity index (χ3n) is 2.17. The molecule has 19 heavy (non-hydrogen) atoms. The van der Waals surface area contributed by atoms with Crippen molar-refractivity contribution in [3.63, 3.8) is 0 Å². The van der Waals surface area contributed by atoms with Gasteiger partial charge in [0.05, 0.1) is 29.5 Å². The van der Waals surface area contributed by atoms with Crippen molar-refractivity contribution in [1.82, 2.24) is 0 Å². The highest BCUT2D eigenvalue weighted by molar-refractivity contribution is 6.36. The molecule has 0 radical (unpaired) electrons. The predicted octanol–water partition coefficient (Wildman–Crippen LogP) is 2.05. The Balaban J connectivity index is 3.06. The summed E-state index contributed by atoms with van der Waals surface area (Å²) in [6, 6.07) is 5.95. The van der Waals surface area contributed by atoms with Gasteiger partial charge < -0.3 is 9.84 Å². The molecule has 7 heteroatoms. The normalized spacial score (nSPS) is 11.8. The second kappa shape index (κ2) is 6.52. The Morgan fingerprint density at radius 2 is 2.26 bits per heavy atom. The van der Waals surface area contributed by atoms with Crippen molar-refractivity contribution in [2.24, 2.45) is 10.9 Å². The number of carboxylic acids is 1. The summed E-state index contributed by atoms with van der Waals surface area (Å²) >= 11 is 5.85. The van der Waals surface area contributed by atoms with Gasteiger partial charge in [0, 0.05) is 6.21 Å². The Kier molecular flexibility index (Phi) is 5.03. The molecule has 1 N–H and O–H groups in total. The van der Waals surface area contributed by atoms with Crippen LogP contribution in [0.25, 0.3) is 0 Å². The maximum atomic E-state index is 11.2. The van der Waals surface area contributed by atoms with E-state index in [4.69, 9.17) is 22.0 Å². The highest BCUT2D eigenvalue weighted by Crippen LogP contribution is 2.28. The van der Waals surface area contributed by atoms with Crippen LogP contribution in [-0.4, -0.2) is 30.4 Å². The number of halogens is 1. The lowest BCUT2D eigenvalue weighted by molar-refractivity contribution is -0.141. The van der Waals surface area contributed by atoms with Gasteiger partial charge in [-0.3, -0.25) is 9.79 Å². The average molecular weight is 281 g/mol. The summed E-state index contributed by atoms with van der Waals surface area (Å²) in [6.45, 7) is 0. The molecule has 0 saturated heterocycles. The number of rotatable bonds is 4. The molecular formula is C12H9ClN2O4. The van der Waals surface area contributed by atoms with Gasteiger partial charge in [0.25, 0.3) is 0 Å². The predicted molar refractivity (Wildman–Crippen MR) is 67.7 cm³/mol. The quantitative estimate of drug-likeness (QED) is 0.672. The van der Waals surface area contributed by atoms with Crippen molar-refractivity contribution in [1.29, 1.82) is 5.26 Å². The van der Waals surface area contributed by atoms with Crippen LogP contribution in [0.5, 0.6) is 0 Å². The SMILES string of the molecule is COC(=O)C(C#N)C=Nc1cccc(C(=O)O)c1Cl. The van der Waals surface area contributed by atoms with Crippen molar-refractivity contribution in [3.05, 3.63) is 28.8 Å². The van der Waals surface area contributed by atoms with E-state index in [1.54, 1.807) is 6.07 Å². The van der Waals surface area contributed by atoms with Crippen molar-refractivity contribution < 1.29 is 19.4 Å². The first-order valence-electron chi connectivity index (χ1n) is 5.04. The second-order valence-corrected chi connectivity index (χ2v) is 3.73. The van der Waals surface area contributed by atoms with E-state index in [-0.39, 0.29) is 16.3 Å². The minimum absolute atomic E-state index is 0.0622. The molecule has 0 aromatic heterocycles. The van der Waals surface area contributed by atoms with Crippen LogP contribution in [0, 0.1) is 17.2 Å². The van der Waals surface area contributed by atoms with Crippen LogP contribution in [0.1, 0.15) is 10.4 Å². The summed E-state index contributed by atoms with van der Waals surface area (Å²) in [6.07, 6.45) is 1.05. The Bertz CT molecular complexity index is 578. The molecule has 0 amide bonds. The molecule has 0 aliphatic heterocycles. The zero-order chi connectivity index (χ0) is 14.4. The number of carboxylic acid groups (broad SMARTS) is 1. The minimum atomic E-state index is -1.19. The summed E-state index contributed by atoms with van der Waals surface area (Å²) in [5, 5.41) is 17.6. The number of hydrogen-bond acceptors (Lipinski definition) is 5. The Morgan fingerprint density at radius 3 is 2.79 bits per heavy atom. The van der Waals surface area contributed by atoms with Gasteiger partial charge in [0.2, 0.25) is 0 Å². The van der Waals surface area contributed by atoms with Crippen molar-refractivity contribution >= 4 is 35.4 Å². The fourth-order valence-electron chi connectivity index (χ4n) is 1.21. The molecule has 0 heterocycles. The monoisotopic (exact) mass is 280 g/mol. The lowest BCUT2D eigenvalue weighted by atomic mass is 10.2. The summed E-state index contributed by atoms with van der Waals surface area (Å²) in [7, 11) is 1.15. The van der Waals surface area contributed by atoms with Gasteiger partial charge in [0.1, 0.15) is 0 Å². The minimum Gasteiger partial charge on any atom is -0.478 e. The standard InChI is InChI=1S/C12H9ClN2O4/c1-19-12(18)7(5-14)6-15-9-4-2-3-8(10(9)13)11(16)17/h2-4,6-7H,1H3,(H,16,17). The van der Waals surface area contributed by atoms with E-state index in [2.05, 4.69) is 9.73 Å². The summed E-state index contributed by atoms with van der Waals surface area (Å²) in [5.41, 5.74) is 0.0496. The molecule has 1 unspecified atom stereocenters. The van der Waals surface area contributed by atoms with E-state index in [1.807, 2.05) is 0 Å². The van der Waals surface area contributed by atoms with Gasteiger partial charge >= 0.3 is 11.9 Å². The number of esters is 1. The molecule has 0 fully saturated rings. The smallest absolute Gasteiger partial charge is 0.337 e. The Hall–Kier alpha value is -2.39. The third-order valence-corrected chi connectivity index (χ3v) is 2.56. The number of ether oxygens (including phenoxy) is 1. The zero-order valence-corrected chi connectivity index (χ0v) is 10.6. The number of hydrogen-bond donors (Lipinski definition) is 1. The van der Waals surface area contributed by atoms with Crippen molar-refractivity contribution in [2.75, 3.05) is 7.11 Å². The van der Waals surface area contributed by atoms with Crippen molar-refractivity contribution in [3.8, 4) is 6.07 Å². The molecule has 0 spiro atoms. The van der Waals surface area contributed by atoms with E-state index >= 15 is 0 Å². The highest BCUT2D eigenvalue weighted by Gasteiger charge is 2.16. The molecule has 0 aliphatic carbocycles. The third kappa shape index (κ3) is 3.53. The van der Waals surface area contributed by atoms with Crippen LogP contribution in [0.3, 0.4) is 0 Å². The molecule has 1 rings (SSSR count). The van der Waals surface area contributed by atoms with Gasteiger partial charge in [-0.2, -0.15) is 5.26 Å². The van der Waals surface area contributed by atoms with Crippen molar-refractivity contribution in [2.45, 2.75) is 0 Å². The second-order valence-electron chi connectivity index (χ2n) is 3.35. The number of carbonyl (C=O) groups excluding carboxylic acids is 1. The first-order valence-corrected chi connectivity index (χ1v) is 5.42. The maximum Gasteiger partial charge on any atom is 0.337 e. The molecule has 1 atom stereocenters. The van der Waals surface area contributed by atoms with Crippen LogP contribution in [0.4, 0.5) is 5.69 Å². The number of aromatic carboxylic acids is 1. The molecular weight excluding hydrogens is 272 g/mol. The molecule has 98 valence electrons. The molecule has 0 saturated carbocycles. The van der Waals surface area contributed by atoms with E-state index in [9.17, 15) is 9.59 Å². The van der Waals surface area contributed by atoms with Crippen LogP contribution < -0.4 is 0 Å². The molecule has 1 aromatic carbocycles. The average Bonchev–Trinajstić information content (AvgIpc) is 2.40. The van der Waals surface area contributed by atoms with Gasteiger partial charge in [-0.25, -0.2) is 4.79 Å². The number of benzene rings is 1. The van der Waals surface area contributed by atoms with Gasteiger partial charge in [-0.05, 0) is 12.1 Å². The van der Waals surface area contributed by atoms with E-state index in [1.165, 1.54) is 18.2 Å². The van der Waals surface area contributed by atoms with Crippen LogP contribution >= 0.6 is 11.6 Å². The molecule has 0 bridgehead atoms. The van der Waals surface area contributed by atoms with Crippen LogP contribution in [-0.2, 0) is 9.53 Å². The number of carbonyl (C=O) groups is 2. The fraction of sp³-hybridized carbons (Fsp3) is 0.167. The summed E-state index contributed by atoms with van der Waals surface area (Å²) in [4.78, 5) is 25.9.